The lowest BCUT2D eigenvalue weighted by atomic mass is 9.98. The van der Waals surface area contributed by atoms with Gasteiger partial charge in [-0.1, -0.05) is 109 Å². The van der Waals surface area contributed by atoms with Crippen LogP contribution in [0.1, 0.15) is 0 Å². The van der Waals surface area contributed by atoms with Crippen molar-refractivity contribution in [1.29, 1.82) is 0 Å². The molecule has 0 aliphatic rings. The number of para-hydroxylation sites is 1. The summed E-state index contributed by atoms with van der Waals surface area (Å²) < 4.78 is 0. The Balaban J connectivity index is 0.920. The molecule has 5 nitrogen and oxygen atoms in total. The van der Waals surface area contributed by atoms with Crippen LogP contribution < -0.4 is 0 Å². The molecule has 0 unspecified atom stereocenters. The third kappa shape index (κ3) is 5.13. The molecule has 0 radical (unpaired) electrons. The molecule has 250 valence electrons. The first-order valence-electron chi connectivity index (χ1n) is 18.1. The van der Waals surface area contributed by atoms with Crippen molar-refractivity contribution in [2.45, 2.75) is 0 Å². The van der Waals surface area contributed by atoms with Crippen LogP contribution in [0.4, 0.5) is 0 Å². The fraction of sp³-hybridized carbons (Fsp3) is 0. The van der Waals surface area contributed by atoms with Gasteiger partial charge in [0.25, 0.3) is 0 Å². The van der Waals surface area contributed by atoms with Crippen LogP contribution in [0, 0.1) is 0 Å². The van der Waals surface area contributed by atoms with Crippen LogP contribution in [-0.4, -0.2) is 24.9 Å². The fourth-order valence-electron chi connectivity index (χ4n) is 7.66. The number of aromatic nitrogens is 5. The molecule has 5 heterocycles. The predicted molar refractivity (Wildman–Crippen MR) is 222 cm³/mol. The first-order chi connectivity index (χ1) is 26.7. The van der Waals surface area contributed by atoms with Crippen molar-refractivity contribution < 1.29 is 0 Å². The van der Waals surface area contributed by atoms with Crippen molar-refractivity contribution in [3.8, 4) is 44.9 Å². The van der Waals surface area contributed by atoms with Crippen LogP contribution in [0.25, 0.3) is 110 Å². The smallest absolute Gasteiger partial charge is 0.0972 e. The van der Waals surface area contributed by atoms with Gasteiger partial charge in [0.1, 0.15) is 0 Å². The monoisotopic (exact) mass is 687 g/mol. The Hall–Kier alpha value is -7.37. The van der Waals surface area contributed by atoms with Gasteiger partial charge in [-0.15, -0.1) is 0 Å². The van der Waals surface area contributed by atoms with E-state index in [1.165, 1.54) is 10.8 Å². The molecule has 54 heavy (non-hydrogen) atoms. The fourth-order valence-corrected chi connectivity index (χ4v) is 7.66. The number of nitrogens with zero attached hydrogens (tertiary/aromatic N) is 5. The third-order valence-electron chi connectivity index (χ3n) is 10.5. The van der Waals surface area contributed by atoms with E-state index in [4.69, 9.17) is 15.0 Å². The molecule has 0 fully saturated rings. The quantitative estimate of drug-likeness (QED) is 0.172. The summed E-state index contributed by atoms with van der Waals surface area (Å²) in [5.74, 6) is 0. The molecule has 0 aliphatic heterocycles. The van der Waals surface area contributed by atoms with Crippen molar-refractivity contribution >= 4 is 65.3 Å². The molecule has 11 aromatic rings. The van der Waals surface area contributed by atoms with Gasteiger partial charge in [-0.2, -0.15) is 0 Å². The Labute approximate surface area is 310 Å². The number of pyridine rings is 5. The minimum Gasteiger partial charge on any atom is -0.256 e. The van der Waals surface area contributed by atoms with Crippen LogP contribution in [0.2, 0.25) is 0 Å². The summed E-state index contributed by atoms with van der Waals surface area (Å²) in [6.45, 7) is 0. The molecule has 0 atom stereocenters. The minimum absolute atomic E-state index is 0.906. The number of benzene rings is 6. The Morgan fingerprint density at radius 3 is 1.50 bits per heavy atom. The van der Waals surface area contributed by atoms with E-state index in [2.05, 4.69) is 162 Å². The Kier molecular flexibility index (Phi) is 6.79. The van der Waals surface area contributed by atoms with Crippen LogP contribution in [0.15, 0.2) is 176 Å². The molecular weight excluding hydrogens is 659 g/mol. The van der Waals surface area contributed by atoms with Gasteiger partial charge < -0.3 is 0 Å². The van der Waals surface area contributed by atoms with Crippen LogP contribution in [0.5, 0.6) is 0 Å². The van der Waals surface area contributed by atoms with E-state index in [-0.39, 0.29) is 0 Å². The van der Waals surface area contributed by atoms with Gasteiger partial charge in [0.05, 0.1) is 44.7 Å². The molecule has 0 saturated carbocycles. The summed E-state index contributed by atoms with van der Waals surface area (Å²) >= 11 is 0. The topological polar surface area (TPSA) is 64.5 Å². The Bertz CT molecular complexity index is 3290. The summed E-state index contributed by atoms with van der Waals surface area (Å²) in [4.78, 5) is 24.6. The average molecular weight is 688 g/mol. The molecular formula is C49H29N5. The highest BCUT2D eigenvalue weighted by molar-refractivity contribution is 6.03. The van der Waals surface area contributed by atoms with Crippen molar-refractivity contribution in [3.63, 3.8) is 0 Å². The highest BCUT2D eigenvalue weighted by Gasteiger charge is 2.11. The molecule has 0 saturated heterocycles. The van der Waals surface area contributed by atoms with Gasteiger partial charge in [-0.05, 0) is 76.5 Å². The zero-order valence-electron chi connectivity index (χ0n) is 29.0. The maximum Gasteiger partial charge on any atom is 0.0972 e. The van der Waals surface area contributed by atoms with Gasteiger partial charge in [-0.25, -0.2) is 15.0 Å². The summed E-state index contributed by atoms with van der Waals surface area (Å²) in [6.07, 6.45) is 3.67. The number of fused-ring (bicyclic) bond motifs is 7. The van der Waals surface area contributed by atoms with Gasteiger partial charge in [0.15, 0.2) is 0 Å². The maximum absolute atomic E-state index is 5.16. The van der Waals surface area contributed by atoms with Crippen molar-refractivity contribution in [2.75, 3.05) is 0 Å². The van der Waals surface area contributed by atoms with E-state index < -0.39 is 0 Å². The minimum atomic E-state index is 0.906. The van der Waals surface area contributed by atoms with Crippen LogP contribution in [-0.2, 0) is 0 Å². The lowest BCUT2D eigenvalue weighted by molar-refractivity contribution is 1.36. The summed E-state index contributed by atoms with van der Waals surface area (Å²) in [5, 5.41) is 7.81. The van der Waals surface area contributed by atoms with Gasteiger partial charge >= 0.3 is 0 Å². The molecule has 0 amide bonds. The maximum atomic E-state index is 5.16. The van der Waals surface area contributed by atoms with Gasteiger partial charge in [0.2, 0.25) is 0 Å². The standard InChI is InChI=1S/C49H29N5/c1-4-32-5-2-24-50-47(32)41(7-1)44-23-19-31-9-16-40(29-46(31)53-44)42-21-18-30-8-12-38(28-45(30)52-42)36-13-14-37-27-39(17-15-35(37)26-36)43-22-20-34-11-10-33-6-3-25-51-48(33)49(34)54-43/h1-29H. The summed E-state index contributed by atoms with van der Waals surface area (Å²) in [7, 11) is 0. The van der Waals surface area contributed by atoms with Crippen LogP contribution in [0.3, 0.4) is 0 Å². The van der Waals surface area contributed by atoms with E-state index in [1.807, 2.05) is 24.5 Å². The van der Waals surface area contributed by atoms with Crippen molar-refractivity contribution in [3.05, 3.63) is 176 Å². The number of hydrogen-bond donors (Lipinski definition) is 0. The second-order valence-electron chi connectivity index (χ2n) is 13.8. The van der Waals surface area contributed by atoms with Crippen LogP contribution >= 0.6 is 0 Å². The van der Waals surface area contributed by atoms with Gasteiger partial charge in [-0.3, -0.25) is 9.97 Å². The second kappa shape index (κ2) is 12.1. The zero-order chi connectivity index (χ0) is 35.6. The molecule has 0 spiro atoms. The molecule has 0 N–H and O–H groups in total. The molecule has 5 heteroatoms. The largest absolute Gasteiger partial charge is 0.256 e. The van der Waals surface area contributed by atoms with Crippen molar-refractivity contribution in [1.82, 2.24) is 24.9 Å². The summed E-state index contributed by atoms with van der Waals surface area (Å²) in [6, 6.07) is 57.4. The van der Waals surface area contributed by atoms with E-state index in [1.54, 1.807) is 0 Å². The number of rotatable bonds is 4. The predicted octanol–water partition coefficient (Wildman–Crippen LogP) is 12.2. The molecule has 5 aromatic heterocycles. The van der Waals surface area contributed by atoms with E-state index in [9.17, 15) is 0 Å². The van der Waals surface area contributed by atoms with E-state index >= 15 is 0 Å². The zero-order valence-corrected chi connectivity index (χ0v) is 29.0. The second-order valence-corrected chi connectivity index (χ2v) is 13.8. The first kappa shape index (κ1) is 30.3. The van der Waals surface area contributed by atoms with Gasteiger partial charge in [0, 0.05) is 56.0 Å². The molecule has 0 aliphatic carbocycles. The summed E-state index contributed by atoms with van der Waals surface area (Å²) in [5.41, 5.74) is 12.9. The molecule has 11 rings (SSSR count). The van der Waals surface area contributed by atoms with Crippen molar-refractivity contribution in [2.24, 2.45) is 0 Å². The lowest BCUT2D eigenvalue weighted by Crippen LogP contribution is -1.90. The lowest BCUT2D eigenvalue weighted by Gasteiger charge is -2.10. The normalized spacial score (nSPS) is 11.7. The Morgan fingerprint density at radius 2 is 0.741 bits per heavy atom. The third-order valence-corrected chi connectivity index (χ3v) is 10.5. The van der Waals surface area contributed by atoms with E-state index in [0.29, 0.717) is 0 Å². The highest BCUT2D eigenvalue weighted by atomic mass is 14.8. The Morgan fingerprint density at radius 1 is 0.278 bits per heavy atom. The SMILES string of the molecule is c1cnc2c(-c3ccc4ccc(-c5ccc6ccc(-c7ccc8cc(-c9ccc%10ccc%11cccnc%11c%10n9)ccc8c7)cc6n5)cc4n3)cccc2c1. The average Bonchev–Trinajstić information content (AvgIpc) is 3.24. The number of hydrogen-bond acceptors (Lipinski definition) is 5. The first-order valence-corrected chi connectivity index (χ1v) is 18.1. The van der Waals surface area contributed by atoms with E-state index in [0.717, 1.165) is 99.4 Å². The molecule has 0 bridgehead atoms. The highest BCUT2D eigenvalue weighted by Crippen LogP contribution is 2.33. The molecule has 6 aromatic carbocycles.